The van der Waals surface area contributed by atoms with E-state index in [0.29, 0.717) is 12.8 Å². The topological polar surface area (TPSA) is 102 Å². The molecule has 8 nitrogen and oxygen atoms in total. The fourth-order valence-electron chi connectivity index (χ4n) is 6.78. The molecular weight excluding hydrogens is 654 g/mol. The van der Waals surface area contributed by atoms with Crippen molar-refractivity contribution in [3.8, 4) is 0 Å². The molecule has 0 aromatic heterocycles. The van der Waals surface area contributed by atoms with Gasteiger partial charge in [-0.3, -0.25) is 9.59 Å². The first-order chi connectivity index (χ1) is 25.1. The average molecular weight is 740 g/mol. The number of carboxylic acids is 1. The van der Waals surface area contributed by atoms with E-state index in [1.807, 2.05) is 0 Å². The van der Waals surface area contributed by atoms with Gasteiger partial charge in [0, 0.05) is 19.3 Å². The van der Waals surface area contributed by atoms with Gasteiger partial charge < -0.3 is 28.6 Å². The van der Waals surface area contributed by atoms with E-state index in [4.69, 9.17) is 14.2 Å². The second-order valence-corrected chi connectivity index (χ2v) is 16.3. The van der Waals surface area contributed by atoms with Crippen molar-refractivity contribution in [2.24, 2.45) is 0 Å². The van der Waals surface area contributed by atoms with E-state index >= 15 is 0 Å². The monoisotopic (exact) mass is 740 g/mol. The van der Waals surface area contributed by atoms with Crippen molar-refractivity contribution in [3.05, 3.63) is 0 Å². The summed E-state index contributed by atoms with van der Waals surface area (Å²) in [5, 5.41) is 11.6. The molecule has 0 saturated carbocycles. The zero-order chi connectivity index (χ0) is 38.5. The molecule has 0 fully saturated rings. The van der Waals surface area contributed by atoms with Crippen molar-refractivity contribution in [2.45, 2.75) is 225 Å². The summed E-state index contributed by atoms with van der Waals surface area (Å²) < 4.78 is 17.1. The summed E-state index contributed by atoms with van der Waals surface area (Å²) in [6.07, 6.45) is 35.5. The Hall–Kier alpha value is -1.67. The maximum atomic E-state index is 12.6. The molecule has 0 aromatic carbocycles. The van der Waals surface area contributed by atoms with E-state index in [9.17, 15) is 19.5 Å². The first-order valence-corrected chi connectivity index (χ1v) is 22.1. The summed E-state index contributed by atoms with van der Waals surface area (Å²) in [6, 6.07) is -0.718. The molecule has 0 aromatic rings. The number of carboxylic acid groups (broad SMARTS) is 1. The largest absolute Gasteiger partial charge is 0.544 e. The molecule has 0 aliphatic heterocycles. The predicted octanol–water partition coefficient (Wildman–Crippen LogP) is 10.4. The highest BCUT2D eigenvalue weighted by Gasteiger charge is 2.25. The van der Waals surface area contributed by atoms with Gasteiger partial charge in [0.25, 0.3) is 0 Å². The molecule has 0 heterocycles. The number of likely N-dealkylation sites (N-methyl/N-ethyl adjacent to an activating group) is 1. The molecule has 8 heteroatoms. The minimum Gasteiger partial charge on any atom is -0.544 e. The third-order valence-corrected chi connectivity index (χ3v) is 10.2. The molecule has 0 aliphatic rings. The minimum atomic E-state index is -1.12. The zero-order valence-electron chi connectivity index (χ0n) is 35.0. The Labute approximate surface area is 321 Å². The molecule has 0 radical (unpaired) electrons. The second kappa shape index (κ2) is 36.3. The number of aliphatic carboxylic acids is 1. The Morgan fingerprint density at radius 3 is 1.19 bits per heavy atom. The van der Waals surface area contributed by atoms with Crippen LogP contribution in [-0.2, 0) is 28.6 Å². The highest BCUT2D eigenvalue weighted by molar-refractivity contribution is 5.70. The van der Waals surface area contributed by atoms with Crippen LogP contribution in [0.2, 0.25) is 0 Å². The smallest absolute Gasteiger partial charge is 0.306 e. The van der Waals surface area contributed by atoms with Crippen LogP contribution in [0.15, 0.2) is 0 Å². The van der Waals surface area contributed by atoms with Crippen molar-refractivity contribution < 1.29 is 38.2 Å². The number of hydrogen-bond acceptors (Lipinski definition) is 7. The van der Waals surface area contributed by atoms with Crippen LogP contribution < -0.4 is 5.11 Å². The van der Waals surface area contributed by atoms with Crippen molar-refractivity contribution in [3.63, 3.8) is 0 Å². The number of carbonyl (C=O) groups excluding carboxylic acids is 3. The van der Waals surface area contributed by atoms with Gasteiger partial charge in [0.05, 0.1) is 40.3 Å². The number of esters is 2. The van der Waals surface area contributed by atoms with Crippen molar-refractivity contribution >= 4 is 17.9 Å². The summed E-state index contributed by atoms with van der Waals surface area (Å²) >= 11 is 0. The molecule has 0 spiro atoms. The van der Waals surface area contributed by atoms with Crippen LogP contribution in [0.3, 0.4) is 0 Å². The number of unbranched alkanes of at least 4 members (excludes halogenated alkanes) is 26. The molecular formula is C44H85NO7. The Bertz CT molecular complexity index is 828. The molecule has 0 amide bonds. The third kappa shape index (κ3) is 34.1. The lowest BCUT2D eigenvalue weighted by Crippen LogP contribution is -2.55. The van der Waals surface area contributed by atoms with E-state index in [-0.39, 0.29) is 42.7 Å². The third-order valence-electron chi connectivity index (χ3n) is 10.2. The maximum absolute atomic E-state index is 12.6. The van der Waals surface area contributed by atoms with E-state index in [2.05, 4.69) is 13.8 Å². The Kier molecular flexibility index (Phi) is 35.1. The lowest BCUT2D eigenvalue weighted by Gasteiger charge is -2.34. The van der Waals surface area contributed by atoms with Gasteiger partial charge in [-0.25, -0.2) is 0 Å². The number of nitrogens with zero attached hydrogens (tertiary/aromatic N) is 1. The molecule has 308 valence electrons. The lowest BCUT2D eigenvalue weighted by atomic mass is 10.0. The molecule has 2 unspecified atom stereocenters. The van der Waals surface area contributed by atoms with E-state index in [1.54, 1.807) is 21.1 Å². The van der Waals surface area contributed by atoms with Gasteiger partial charge in [0.15, 0.2) is 6.10 Å². The molecule has 0 rings (SSSR count). The number of carbonyl (C=O) groups is 3. The Morgan fingerprint density at radius 1 is 0.500 bits per heavy atom. The first-order valence-electron chi connectivity index (χ1n) is 22.1. The van der Waals surface area contributed by atoms with Crippen LogP contribution in [0.5, 0.6) is 0 Å². The molecule has 0 aliphatic carbocycles. The van der Waals surface area contributed by atoms with Crippen molar-refractivity contribution in [1.29, 1.82) is 0 Å². The van der Waals surface area contributed by atoms with Crippen LogP contribution in [0.1, 0.15) is 213 Å². The summed E-state index contributed by atoms with van der Waals surface area (Å²) in [7, 11) is 5.41. The summed E-state index contributed by atoms with van der Waals surface area (Å²) in [5.41, 5.74) is 0. The van der Waals surface area contributed by atoms with Crippen LogP contribution >= 0.6 is 0 Å². The number of rotatable bonds is 40. The number of quaternary nitrogens is 1. The number of ether oxygens (including phenoxy) is 3. The zero-order valence-corrected chi connectivity index (χ0v) is 35.0. The molecule has 0 bridgehead atoms. The minimum absolute atomic E-state index is 0.0488. The van der Waals surface area contributed by atoms with E-state index in [1.165, 1.54) is 141 Å². The Balaban J connectivity index is 4.22. The van der Waals surface area contributed by atoms with Gasteiger partial charge >= 0.3 is 11.9 Å². The van der Waals surface area contributed by atoms with Gasteiger partial charge in [-0.1, -0.05) is 181 Å². The van der Waals surface area contributed by atoms with Gasteiger partial charge in [-0.2, -0.15) is 0 Å². The highest BCUT2D eigenvalue weighted by Crippen LogP contribution is 2.16. The van der Waals surface area contributed by atoms with Gasteiger partial charge in [-0.15, -0.1) is 0 Å². The molecule has 0 N–H and O–H groups in total. The standard InChI is InChI=1S/C44H85NO7/c1-6-8-10-12-14-16-18-19-20-21-22-23-24-25-27-28-30-32-34-42(46)51-39-40(38-50-37-36-41(44(48)49)45(3,4)5)52-43(47)35-33-31-29-26-17-15-13-11-9-7-2/h40-41H,6-39H2,1-5H3. The predicted molar refractivity (Wildman–Crippen MR) is 213 cm³/mol. The van der Waals surface area contributed by atoms with Gasteiger partial charge in [-0.05, 0) is 12.8 Å². The SMILES string of the molecule is CCCCCCCCCCCCCCCCCCCCC(=O)OCC(COCCC(C(=O)[O-])[N+](C)(C)C)OC(=O)CCCCCCCCCCCC. The average Bonchev–Trinajstić information content (AvgIpc) is 3.09. The second-order valence-electron chi connectivity index (χ2n) is 16.3. The van der Waals surface area contributed by atoms with Gasteiger partial charge in [0.1, 0.15) is 12.6 Å². The molecule has 52 heavy (non-hydrogen) atoms. The summed E-state index contributed by atoms with van der Waals surface area (Å²) in [6.45, 7) is 4.68. The summed E-state index contributed by atoms with van der Waals surface area (Å²) in [4.78, 5) is 36.7. The molecule has 2 atom stereocenters. The highest BCUT2D eigenvalue weighted by atomic mass is 16.6. The van der Waals surface area contributed by atoms with Crippen LogP contribution in [-0.4, -0.2) is 75.5 Å². The van der Waals surface area contributed by atoms with Crippen LogP contribution in [0, 0.1) is 0 Å². The first kappa shape index (κ1) is 50.3. The fourth-order valence-corrected chi connectivity index (χ4v) is 6.78. The summed E-state index contributed by atoms with van der Waals surface area (Å²) in [5.74, 6) is -1.72. The van der Waals surface area contributed by atoms with Crippen LogP contribution in [0.25, 0.3) is 0 Å². The van der Waals surface area contributed by atoms with Gasteiger partial charge in [0.2, 0.25) is 0 Å². The van der Waals surface area contributed by atoms with E-state index < -0.39 is 18.1 Å². The lowest BCUT2D eigenvalue weighted by molar-refractivity contribution is -0.889. The molecule has 0 saturated heterocycles. The maximum Gasteiger partial charge on any atom is 0.306 e. The van der Waals surface area contributed by atoms with Crippen molar-refractivity contribution in [2.75, 3.05) is 41.0 Å². The fraction of sp³-hybridized carbons (Fsp3) is 0.932. The quantitative estimate of drug-likeness (QED) is 0.0350. The number of hydrogen-bond donors (Lipinski definition) is 0. The van der Waals surface area contributed by atoms with Crippen molar-refractivity contribution in [1.82, 2.24) is 0 Å². The van der Waals surface area contributed by atoms with E-state index in [0.717, 1.165) is 38.5 Å². The normalized spacial score (nSPS) is 12.9. The van der Waals surface area contributed by atoms with Crippen LogP contribution in [0.4, 0.5) is 0 Å². The Morgan fingerprint density at radius 2 is 0.846 bits per heavy atom.